The van der Waals surface area contributed by atoms with Gasteiger partial charge in [0.15, 0.2) is 0 Å². The molecule has 0 bridgehead atoms. The van der Waals surface area contributed by atoms with E-state index < -0.39 is 58.7 Å². The molecule has 7 N–H and O–H groups in total. The fraction of sp³-hybridized carbons (Fsp3) is 0.517. The summed E-state index contributed by atoms with van der Waals surface area (Å²) < 4.78 is 3.91. The third kappa shape index (κ3) is 7.63. The number of carboxylic acid groups (broad SMARTS) is 2. The molecule has 19 nitrogen and oxygen atoms in total. The number of nitrogens with zero attached hydrogens (tertiary/aromatic N) is 5. The first-order valence-corrected chi connectivity index (χ1v) is 17.4. The Labute approximate surface area is 292 Å². The van der Waals surface area contributed by atoms with Crippen LogP contribution in [0.3, 0.4) is 0 Å². The summed E-state index contributed by atoms with van der Waals surface area (Å²) >= 11 is 1.84. The van der Waals surface area contributed by atoms with Gasteiger partial charge in [-0.15, -0.1) is 11.8 Å². The molecular formula is C29H35N9O10S2. The first-order chi connectivity index (χ1) is 23.8. The maximum Gasteiger partial charge on any atom is 0.352 e. The summed E-state index contributed by atoms with van der Waals surface area (Å²) in [6, 6.07) is -2.20. The molecule has 5 rings (SSSR count). The number of thioether (sulfide) groups is 1. The van der Waals surface area contributed by atoms with Crippen molar-refractivity contribution in [3.63, 3.8) is 0 Å². The molecule has 0 radical (unpaired) electrons. The molecular weight excluding hydrogens is 699 g/mol. The van der Waals surface area contributed by atoms with Crippen LogP contribution in [-0.2, 0) is 33.6 Å². The molecule has 2 unspecified atom stereocenters. The average Bonchev–Trinajstić information content (AvgIpc) is 3.84. The van der Waals surface area contributed by atoms with Gasteiger partial charge in [0.1, 0.15) is 23.2 Å². The summed E-state index contributed by atoms with van der Waals surface area (Å²) in [6.45, 7) is 5.31. The van der Waals surface area contributed by atoms with Crippen molar-refractivity contribution in [1.29, 1.82) is 0 Å². The molecule has 0 aromatic carbocycles. The van der Waals surface area contributed by atoms with Crippen LogP contribution in [0.4, 0.5) is 5.13 Å². The van der Waals surface area contributed by atoms with Gasteiger partial charge in [-0.2, -0.15) is 9.36 Å². The number of hydrogen-bond acceptors (Lipinski definition) is 14. The molecule has 5 amide bonds. The Morgan fingerprint density at radius 1 is 1.14 bits per heavy atom. The lowest BCUT2D eigenvalue weighted by molar-refractivity contribution is -0.150. The van der Waals surface area contributed by atoms with Gasteiger partial charge in [-0.1, -0.05) is 19.0 Å². The number of hydrogen-bond donors (Lipinski definition) is 7. The van der Waals surface area contributed by atoms with E-state index in [0.29, 0.717) is 42.2 Å². The van der Waals surface area contributed by atoms with Crippen molar-refractivity contribution in [2.75, 3.05) is 30.7 Å². The monoisotopic (exact) mass is 733 g/mol. The second-order valence-electron chi connectivity index (χ2n) is 12.2. The minimum Gasteiger partial charge on any atom is -0.480 e. The maximum atomic E-state index is 13.2. The Hall–Kier alpha value is -4.89. The van der Waals surface area contributed by atoms with Gasteiger partial charge in [-0.3, -0.25) is 28.9 Å². The quantitative estimate of drug-likeness (QED) is 0.0418. The van der Waals surface area contributed by atoms with Gasteiger partial charge in [0.2, 0.25) is 34.4 Å². The van der Waals surface area contributed by atoms with E-state index >= 15 is 0 Å². The molecule has 4 atom stereocenters. The van der Waals surface area contributed by atoms with E-state index in [-0.39, 0.29) is 53.1 Å². The normalized spacial score (nSPS) is 23.5. The van der Waals surface area contributed by atoms with Crippen LogP contribution in [0.2, 0.25) is 0 Å². The fourth-order valence-corrected chi connectivity index (χ4v) is 7.82. The molecule has 268 valence electrons. The van der Waals surface area contributed by atoms with Crippen molar-refractivity contribution < 1.29 is 49.0 Å². The van der Waals surface area contributed by atoms with E-state index in [9.17, 15) is 49.0 Å². The maximum absolute atomic E-state index is 13.2. The van der Waals surface area contributed by atoms with Gasteiger partial charge in [0, 0.05) is 54.8 Å². The van der Waals surface area contributed by atoms with Crippen LogP contribution in [-0.4, -0.2) is 131 Å². The Morgan fingerprint density at radius 3 is 2.52 bits per heavy atom. The van der Waals surface area contributed by atoms with Gasteiger partial charge in [0.25, 0.3) is 11.8 Å². The van der Waals surface area contributed by atoms with Gasteiger partial charge in [-0.25, -0.2) is 9.59 Å². The molecule has 4 aliphatic heterocycles. The van der Waals surface area contributed by atoms with Crippen LogP contribution in [0, 0.1) is 5.92 Å². The van der Waals surface area contributed by atoms with Crippen LogP contribution in [0.5, 0.6) is 0 Å². The van der Waals surface area contributed by atoms with Crippen LogP contribution in [0.1, 0.15) is 45.4 Å². The smallest absolute Gasteiger partial charge is 0.352 e. The molecule has 4 aliphatic rings. The van der Waals surface area contributed by atoms with Crippen molar-refractivity contribution in [3.8, 4) is 0 Å². The van der Waals surface area contributed by atoms with E-state index in [1.807, 2.05) is 0 Å². The molecule has 1 aromatic rings. The van der Waals surface area contributed by atoms with Crippen molar-refractivity contribution in [1.82, 2.24) is 35.1 Å². The van der Waals surface area contributed by atoms with Crippen molar-refractivity contribution in [3.05, 3.63) is 28.7 Å². The minimum absolute atomic E-state index is 0.0841. The lowest BCUT2D eigenvalue weighted by atomic mass is 10.0. The van der Waals surface area contributed by atoms with Crippen LogP contribution in [0.15, 0.2) is 28.1 Å². The Kier molecular flexibility index (Phi) is 11.2. The van der Waals surface area contributed by atoms with E-state index in [4.69, 9.17) is 0 Å². The Morgan fingerprint density at radius 2 is 1.88 bits per heavy atom. The lowest BCUT2D eigenvalue weighted by Crippen LogP contribution is -2.71. The third-order valence-electron chi connectivity index (χ3n) is 8.50. The predicted molar refractivity (Wildman–Crippen MR) is 176 cm³/mol. The standard InChI is InChI=1S/C29H35N9O10S2/c1-12(2)18(27(44)45)31-16(39)3-4-17(40)32-29-34-22(36-50-29)19(35-48)23(41)33-20-25(43)38-21(28(46)47)14(11-49-26(20)38)9-13-6-8-37(24(13)42)15-5-7-30-10-15/h9,12,15,18,20,26,30,48H,3-8,10-11H2,1-2H3,(H,31,39)(H,33,41)(H,44,45)(H,46,47)(H,32,34,36,40)/b13-9+,35-19+/t15?,18?,20-,26-/m1/s1. The minimum atomic E-state index is -1.36. The largest absolute Gasteiger partial charge is 0.480 e. The number of carbonyl (C=O) groups is 7. The van der Waals surface area contributed by atoms with Gasteiger partial charge in [0.05, 0.1) is 0 Å². The fourth-order valence-electron chi connectivity index (χ4n) is 5.93. The Balaban J connectivity index is 1.18. The van der Waals surface area contributed by atoms with Crippen molar-refractivity contribution in [2.24, 2.45) is 11.1 Å². The number of anilines is 1. The highest BCUT2D eigenvalue weighted by Gasteiger charge is 2.54. The number of amides is 5. The molecule has 50 heavy (non-hydrogen) atoms. The van der Waals surface area contributed by atoms with Gasteiger partial charge < -0.3 is 41.6 Å². The number of rotatable bonds is 13. The molecule has 0 aliphatic carbocycles. The van der Waals surface area contributed by atoms with Gasteiger partial charge in [-0.05, 0) is 37.0 Å². The first kappa shape index (κ1) is 36.4. The molecule has 21 heteroatoms. The number of aromatic nitrogens is 2. The summed E-state index contributed by atoms with van der Waals surface area (Å²) in [6.07, 6.45) is 2.22. The predicted octanol–water partition coefficient (Wildman–Crippen LogP) is -1.08. The molecule has 0 spiro atoms. The zero-order valence-electron chi connectivity index (χ0n) is 26.9. The zero-order chi connectivity index (χ0) is 36.3. The molecule has 3 fully saturated rings. The molecule has 5 heterocycles. The first-order valence-electron chi connectivity index (χ1n) is 15.6. The number of allylic oxidation sites excluding steroid dienone is 1. The van der Waals surface area contributed by atoms with Crippen LogP contribution in [0.25, 0.3) is 0 Å². The third-order valence-corrected chi connectivity index (χ3v) is 10.4. The molecule has 1 aromatic heterocycles. The van der Waals surface area contributed by atoms with E-state index in [0.717, 1.165) is 17.9 Å². The highest BCUT2D eigenvalue weighted by Crippen LogP contribution is 2.41. The number of likely N-dealkylation sites (tertiary alicyclic amines) is 1. The van der Waals surface area contributed by atoms with Crippen LogP contribution < -0.4 is 21.3 Å². The summed E-state index contributed by atoms with van der Waals surface area (Å²) in [5, 5.41) is 41.3. The highest BCUT2D eigenvalue weighted by molar-refractivity contribution is 8.00. The van der Waals surface area contributed by atoms with Gasteiger partial charge >= 0.3 is 11.9 Å². The van der Waals surface area contributed by atoms with Crippen molar-refractivity contribution in [2.45, 2.75) is 63.0 Å². The second kappa shape index (κ2) is 15.3. The number of carbonyl (C=O) groups excluding carboxylic acids is 5. The highest BCUT2D eigenvalue weighted by atomic mass is 32.2. The summed E-state index contributed by atoms with van der Waals surface area (Å²) in [4.78, 5) is 94.2. The SMILES string of the molecule is CC(C)C(NC(=O)CCC(=O)Nc1nc(/C(=N\O)C(=O)N[C@@H]2C(=O)N3C(C(=O)O)=C(/C=C4\CCN(C5CCNC5)C4=O)CS[C@H]23)ns1)C(=O)O. The average molecular weight is 734 g/mol. The van der Waals surface area contributed by atoms with Crippen molar-refractivity contribution >= 4 is 75.6 Å². The number of oxime groups is 1. The summed E-state index contributed by atoms with van der Waals surface area (Å²) in [5.41, 5.74) is -0.171. The zero-order valence-corrected chi connectivity index (χ0v) is 28.5. The number of fused-ring (bicyclic) bond motifs is 1. The van der Waals surface area contributed by atoms with E-state index in [2.05, 4.69) is 35.8 Å². The number of aliphatic carboxylic acids is 2. The number of nitrogens with one attached hydrogen (secondary N) is 4. The molecule has 0 saturated carbocycles. The number of carboxylic acids is 2. The van der Waals surface area contributed by atoms with Crippen LogP contribution >= 0.6 is 23.3 Å². The number of β-lactam (4-membered cyclic amide) rings is 1. The molecule has 3 saturated heterocycles. The van der Waals surface area contributed by atoms with E-state index in [1.165, 1.54) is 11.8 Å². The summed E-state index contributed by atoms with van der Waals surface area (Å²) in [7, 11) is 0. The Bertz CT molecular complexity index is 1700. The summed E-state index contributed by atoms with van der Waals surface area (Å²) in [5.74, 6) is -6.37. The topological polar surface area (TPSA) is 273 Å². The van der Waals surface area contributed by atoms with E-state index in [1.54, 1.807) is 24.8 Å². The lowest BCUT2D eigenvalue weighted by Gasteiger charge is -2.49. The second-order valence-corrected chi connectivity index (χ2v) is 14.0.